The number of hydrogen-bond acceptors (Lipinski definition) is 4. The molecule has 1 aromatic carbocycles. The zero-order chi connectivity index (χ0) is 13.8. The van der Waals surface area contributed by atoms with Gasteiger partial charge in [0.15, 0.2) is 5.16 Å². The Morgan fingerprint density at radius 3 is 2.68 bits per heavy atom. The Labute approximate surface area is 116 Å². The Hall–Kier alpha value is -1.82. The van der Waals surface area contributed by atoms with Gasteiger partial charge in [-0.1, -0.05) is 30.0 Å². The molecule has 0 saturated carbocycles. The smallest absolute Gasteiger partial charge is 0.234 e. The Morgan fingerprint density at radius 2 is 2.05 bits per heavy atom. The molecule has 19 heavy (non-hydrogen) atoms. The van der Waals surface area contributed by atoms with E-state index in [1.54, 1.807) is 0 Å². The van der Waals surface area contributed by atoms with Crippen LogP contribution in [0.4, 0.5) is 5.69 Å². The van der Waals surface area contributed by atoms with Crippen molar-refractivity contribution in [1.82, 2.24) is 14.8 Å². The molecular formula is C13H16N4OS. The van der Waals surface area contributed by atoms with Gasteiger partial charge in [0.05, 0.1) is 5.75 Å². The van der Waals surface area contributed by atoms with E-state index in [2.05, 4.69) is 15.5 Å². The predicted octanol–water partition coefficient (Wildman–Crippen LogP) is 2.16. The molecule has 0 bridgehead atoms. The summed E-state index contributed by atoms with van der Waals surface area (Å²) in [6.45, 7) is 3.85. The second-order valence-electron chi connectivity index (χ2n) is 4.24. The minimum absolute atomic E-state index is 0.0417. The van der Waals surface area contributed by atoms with Crippen molar-refractivity contribution >= 4 is 23.4 Å². The molecule has 0 spiro atoms. The molecule has 0 saturated heterocycles. The molecule has 2 aromatic rings. The lowest BCUT2D eigenvalue weighted by molar-refractivity contribution is -0.113. The quantitative estimate of drug-likeness (QED) is 0.869. The van der Waals surface area contributed by atoms with Crippen LogP contribution < -0.4 is 5.32 Å². The van der Waals surface area contributed by atoms with E-state index in [9.17, 15) is 4.79 Å². The average Bonchev–Trinajstić information content (AvgIpc) is 2.70. The predicted molar refractivity (Wildman–Crippen MR) is 76.3 cm³/mol. The number of benzene rings is 1. The second-order valence-corrected chi connectivity index (χ2v) is 5.18. The van der Waals surface area contributed by atoms with Crippen LogP contribution in [0.3, 0.4) is 0 Å². The highest BCUT2D eigenvalue weighted by atomic mass is 32.2. The summed E-state index contributed by atoms with van der Waals surface area (Å²) >= 11 is 1.38. The molecule has 2 rings (SSSR count). The van der Waals surface area contributed by atoms with Crippen molar-refractivity contribution in [3.05, 3.63) is 35.7 Å². The number of nitrogens with one attached hydrogen (secondary N) is 1. The minimum atomic E-state index is -0.0417. The number of nitrogens with zero attached hydrogens (tertiary/aromatic N) is 3. The van der Waals surface area contributed by atoms with E-state index in [1.807, 2.05) is 49.7 Å². The maximum atomic E-state index is 11.9. The zero-order valence-corrected chi connectivity index (χ0v) is 12.0. The molecule has 1 N–H and O–H groups in total. The molecule has 1 amide bonds. The van der Waals surface area contributed by atoms with Crippen molar-refractivity contribution in [3.63, 3.8) is 0 Å². The summed E-state index contributed by atoms with van der Waals surface area (Å²) < 4.78 is 1.87. The van der Waals surface area contributed by atoms with E-state index in [1.165, 1.54) is 11.8 Å². The molecule has 0 fully saturated rings. The van der Waals surface area contributed by atoms with E-state index < -0.39 is 0 Å². The monoisotopic (exact) mass is 276 g/mol. The number of para-hydroxylation sites is 1. The molecule has 0 aliphatic rings. The largest absolute Gasteiger partial charge is 0.325 e. The summed E-state index contributed by atoms with van der Waals surface area (Å²) in [5.74, 6) is 1.11. The topological polar surface area (TPSA) is 59.8 Å². The average molecular weight is 276 g/mol. The van der Waals surface area contributed by atoms with Crippen LogP contribution in [0.15, 0.2) is 29.4 Å². The van der Waals surface area contributed by atoms with E-state index in [4.69, 9.17) is 0 Å². The van der Waals surface area contributed by atoms with Gasteiger partial charge in [0.1, 0.15) is 5.82 Å². The third-order valence-corrected chi connectivity index (χ3v) is 3.82. The molecule has 0 atom stereocenters. The number of anilines is 1. The SMILES string of the molecule is Cc1ccccc1NC(=O)CSc1nnc(C)n1C. The van der Waals surface area contributed by atoms with Crippen molar-refractivity contribution in [3.8, 4) is 0 Å². The summed E-state index contributed by atoms with van der Waals surface area (Å²) in [5.41, 5.74) is 1.90. The minimum Gasteiger partial charge on any atom is -0.325 e. The first-order valence-electron chi connectivity index (χ1n) is 5.92. The van der Waals surface area contributed by atoms with Gasteiger partial charge in [-0.05, 0) is 25.5 Å². The highest BCUT2D eigenvalue weighted by Gasteiger charge is 2.09. The molecule has 0 aliphatic heterocycles. The number of thioether (sulfide) groups is 1. The number of hydrogen-bond donors (Lipinski definition) is 1. The van der Waals surface area contributed by atoms with E-state index in [0.717, 1.165) is 22.2 Å². The van der Waals surface area contributed by atoms with Gasteiger partial charge in [0, 0.05) is 12.7 Å². The fourth-order valence-corrected chi connectivity index (χ4v) is 2.30. The maximum Gasteiger partial charge on any atom is 0.234 e. The molecule has 5 nitrogen and oxygen atoms in total. The molecule has 0 aliphatic carbocycles. The lowest BCUT2D eigenvalue weighted by Gasteiger charge is -2.07. The van der Waals surface area contributed by atoms with Gasteiger partial charge >= 0.3 is 0 Å². The summed E-state index contributed by atoms with van der Waals surface area (Å²) in [7, 11) is 1.89. The lowest BCUT2D eigenvalue weighted by Crippen LogP contribution is -2.15. The third-order valence-electron chi connectivity index (χ3n) is 2.80. The van der Waals surface area contributed by atoms with Crippen LogP contribution in [0.5, 0.6) is 0 Å². The zero-order valence-electron chi connectivity index (χ0n) is 11.2. The number of carbonyl (C=O) groups is 1. The molecule has 6 heteroatoms. The Bertz CT molecular complexity index is 594. The highest BCUT2D eigenvalue weighted by molar-refractivity contribution is 7.99. The Morgan fingerprint density at radius 1 is 1.32 bits per heavy atom. The van der Waals surface area contributed by atoms with Crippen molar-refractivity contribution < 1.29 is 4.79 Å². The van der Waals surface area contributed by atoms with Crippen LogP contribution in [0, 0.1) is 13.8 Å². The van der Waals surface area contributed by atoms with Gasteiger partial charge in [0.25, 0.3) is 0 Å². The number of rotatable bonds is 4. The fourth-order valence-electron chi connectivity index (χ4n) is 1.54. The van der Waals surface area contributed by atoms with Gasteiger partial charge in [-0.25, -0.2) is 0 Å². The fraction of sp³-hybridized carbons (Fsp3) is 0.308. The molecule has 0 radical (unpaired) electrons. The second kappa shape index (κ2) is 5.88. The summed E-state index contributed by atoms with van der Waals surface area (Å²) in [6, 6.07) is 7.71. The Kier molecular flexibility index (Phi) is 4.21. The normalized spacial score (nSPS) is 10.5. The highest BCUT2D eigenvalue weighted by Crippen LogP contribution is 2.17. The molecule has 1 aromatic heterocycles. The summed E-state index contributed by atoms with van der Waals surface area (Å²) in [4.78, 5) is 11.9. The van der Waals surface area contributed by atoms with Crippen LogP contribution in [-0.2, 0) is 11.8 Å². The maximum absolute atomic E-state index is 11.9. The van der Waals surface area contributed by atoms with E-state index >= 15 is 0 Å². The first-order chi connectivity index (χ1) is 9.08. The van der Waals surface area contributed by atoms with Crippen LogP contribution in [0.1, 0.15) is 11.4 Å². The summed E-state index contributed by atoms with van der Waals surface area (Å²) in [6.07, 6.45) is 0. The number of carbonyl (C=O) groups excluding carboxylic acids is 1. The van der Waals surface area contributed by atoms with Crippen molar-refractivity contribution in [2.75, 3.05) is 11.1 Å². The van der Waals surface area contributed by atoms with Gasteiger partial charge in [-0.15, -0.1) is 10.2 Å². The first-order valence-corrected chi connectivity index (χ1v) is 6.91. The summed E-state index contributed by atoms with van der Waals surface area (Å²) in [5, 5.41) is 11.6. The third kappa shape index (κ3) is 3.35. The number of aryl methyl sites for hydroxylation is 2. The molecular weight excluding hydrogens is 260 g/mol. The van der Waals surface area contributed by atoms with Gasteiger partial charge in [-0.3, -0.25) is 4.79 Å². The van der Waals surface area contributed by atoms with Crippen LogP contribution >= 0.6 is 11.8 Å². The molecule has 1 heterocycles. The van der Waals surface area contributed by atoms with Crippen molar-refractivity contribution in [2.45, 2.75) is 19.0 Å². The van der Waals surface area contributed by atoms with E-state index in [0.29, 0.717) is 5.75 Å². The van der Waals surface area contributed by atoms with Crippen LogP contribution in [-0.4, -0.2) is 26.4 Å². The van der Waals surface area contributed by atoms with Crippen molar-refractivity contribution in [2.24, 2.45) is 7.05 Å². The van der Waals surface area contributed by atoms with Gasteiger partial charge < -0.3 is 9.88 Å². The van der Waals surface area contributed by atoms with Crippen LogP contribution in [0.25, 0.3) is 0 Å². The van der Waals surface area contributed by atoms with E-state index in [-0.39, 0.29) is 5.91 Å². The standard InChI is InChI=1S/C13H16N4OS/c1-9-6-4-5-7-11(9)14-12(18)8-19-13-16-15-10(2)17(13)3/h4-7H,8H2,1-3H3,(H,14,18). The molecule has 0 unspecified atom stereocenters. The first kappa shape index (κ1) is 13.6. The van der Waals surface area contributed by atoms with Gasteiger partial charge in [0.2, 0.25) is 5.91 Å². The van der Waals surface area contributed by atoms with Gasteiger partial charge in [-0.2, -0.15) is 0 Å². The van der Waals surface area contributed by atoms with Crippen molar-refractivity contribution in [1.29, 1.82) is 0 Å². The lowest BCUT2D eigenvalue weighted by atomic mass is 10.2. The van der Waals surface area contributed by atoms with Crippen LogP contribution in [0.2, 0.25) is 0 Å². The number of aromatic nitrogens is 3. The Balaban J connectivity index is 1.92. The molecule has 100 valence electrons. The number of amides is 1.